The minimum Gasteiger partial charge on any atom is -0.383 e. The molecule has 1 heterocycles. The predicted molar refractivity (Wildman–Crippen MR) is 80.9 cm³/mol. The van der Waals surface area contributed by atoms with Crippen LogP contribution in [0.3, 0.4) is 0 Å². The Bertz CT molecular complexity index is 767. The first-order chi connectivity index (χ1) is 9.70. The molecule has 2 nitrogen and oxygen atoms in total. The van der Waals surface area contributed by atoms with Crippen LogP contribution in [-0.2, 0) is 6.42 Å². The summed E-state index contributed by atoms with van der Waals surface area (Å²) in [5.74, 6) is -0.0700. The van der Waals surface area contributed by atoms with Crippen LogP contribution >= 0.6 is 0 Å². The number of nitrogens with zero attached hydrogens (tertiary/aromatic N) is 1. The van der Waals surface area contributed by atoms with Gasteiger partial charge in [0.05, 0.1) is 11.1 Å². The highest BCUT2D eigenvalue weighted by atomic mass is 19.1. The summed E-state index contributed by atoms with van der Waals surface area (Å²) in [5.41, 5.74) is 8.75. The second-order valence-electron chi connectivity index (χ2n) is 4.76. The molecule has 100 valence electrons. The minimum absolute atomic E-state index is 0.227. The Labute approximate surface area is 117 Å². The summed E-state index contributed by atoms with van der Waals surface area (Å²) >= 11 is 0. The second-order valence-corrected chi connectivity index (χ2v) is 4.76. The van der Waals surface area contributed by atoms with E-state index in [1.165, 1.54) is 0 Å². The van der Waals surface area contributed by atoms with Crippen molar-refractivity contribution in [2.75, 3.05) is 5.73 Å². The van der Waals surface area contributed by atoms with Crippen molar-refractivity contribution >= 4 is 16.7 Å². The molecular formula is C17H15FN2. The summed E-state index contributed by atoms with van der Waals surface area (Å²) in [6, 6.07) is 14.9. The van der Waals surface area contributed by atoms with E-state index in [1.807, 2.05) is 55.5 Å². The third-order valence-electron chi connectivity index (χ3n) is 3.48. The van der Waals surface area contributed by atoms with Crippen molar-refractivity contribution in [3.05, 3.63) is 59.9 Å². The Hall–Kier alpha value is -2.42. The fourth-order valence-corrected chi connectivity index (χ4v) is 2.39. The third-order valence-corrected chi connectivity index (χ3v) is 3.48. The van der Waals surface area contributed by atoms with Crippen LogP contribution in [0.4, 0.5) is 10.2 Å². The molecule has 3 rings (SSSR count). The lowest BCUT2D eigenvalue weighted by Gasteiger charge is -2.10. The molecule has 0 unspecified atom stereocenters. The Morgan fingerprint density at radius 1 is 1.10 bits per heavy atom. The van der Waals surface area contributed by atoms with E-state index in [0.29, 0.717) is 16.5 Å². The van der Waals surface area contributed by atoms with E-state index in [0.717, 1.165) is 17.5 Å². The molecule has 0 bridgehead atoms. The van der Waals surface area contributed by atoms with E-state index in [4.69, 9.17) is 5.73 Å². The average Bonchev–Trinajstić information content (AvgIpc) is 2.48. The maximum Gasteiger partial charge on any atom is 0.144 e. The molecule has 0 aliphatic carbocycles. The highest BCUT2D eigenvalue weighted by Gasteiger charge is 2.15. The number of hydrogen-bond donors (Lipinski definition) is 1. The van der Waals surface area contributed by atoms with Crippen molar-refractivity contribution < 1.29 is 4.39 Å². The van der Waals surface area contributed by atoms with Crippen molar-refractivity contribution in [3.63, 3.8) is 0 Å². The van der Waals surface area contributed by atoms with Crippen molar-refractivity contribution in [1.29, 1.82) is 0 Å². The second kappa shape index (κ2) is 4.93. The van der Waals surface area contributed by atoms with Gasteiger partial charge in [-0.3, -0.25) is 0 Å². The maximum absolute atomic E-state index is 14.8. The highest BCUT2D eigenvalue weighted by Crippen LogP contribution is 2.32. The van der Waals surface area contributed by atoms with Crippen LogP contribution in [-0.4, -0.2) is 4.98 Å². The summed E-state index contributed by atoms with van der Waals surface area (Å²) in [4.78, 5) is 4.33. The molecule has 2 aromatic carbocycles. The molecule has 1 aromatic heterocycles. The molecule has 0 aliphatic rings. The van der Waals surface area contributed by atoms with Gasteiger partial charge in [0, 0.05) is 5.39 Å². The van der Waals surface area contributed by atoms with Gasteiger partial charge in [0.2, 0.25) is 0 Å². The van der Waals surface area contributed by atoms with Gasteiger partial charge in [0.15, 0.2) is 0 Å². The fourth-order valence-electron chi connectivity index (χ4n) is 2.39. The third kappa shape index (κ3) is 2.01. The summed E-state index contributed by atoms with van der Waals surface area (Å²) in [6.07, 6.45) is 0.862. The van der Waals surface area contributed by atoms with Crippen molar-refractivity contribution in [2.24, 2.45) is 0 Å². The van der Waals surface area contributed by atoms with Crippen LogP contribution in [0.15, 0.2) is 48.5 Å². The van der Waals surface area contributed by atoms with Gasteiger partial charge in [-0.05, 0) is 29.7 Å². The first-order valence-electron chi connectivity index (χ1n) is 6.63. The summed E-state index contributed by atoms with van der Waals surface area (Å²) in [7, 11) is 0. The fraction of sp³-hybridized carbons (Fsp3) is 0.118. The van der Waals surface area contributed by atoms with Gasteiger partial charge >= 0.3 is 0 Å². The van der Waals surface area contributed by atoms with Gasteiger partial charge in [-0.1, -0.05) is 43.3 Å². The van der Waals surface area contributed by atoms with Crippen LogP contribution in [0, 0.1) is 5.82 Å². The molecule has 20 heavy (non-hydrogen) atoms. The van der Waals surface area contributed by atoms with Gasteiger partial charge in [-0.15, -0.1) is 0 Å². The Kier molecular flexibility index (Phi) is 3.11. The number of benzene rings is 2. The molecule has 0 amide bonds. The standard InChI is InChI=1S/C17H15FN2/c1-2-11-8-9-14-13(10-11)16(18)15(17(19)20-14)12-6-4-3-5-7-12/h3-10H,2H2,1H3,(H2,19,20). The zero-order valence-electron chi connectivity index (χ0n) is 11.2. The number of pyridine rings is 1. The average molecular weight is 266 g/mol. The molecule has 0 radical (unpaired) electrons. The normalized spacial score (nSPS) is 10.9. The van der Waals surface area contributed by atoms with Gasteiger partial charge in [-0.2, -0.15) is 0 Å². The van der Waals surface area contributed by atoms with Crippen molar-refractivity contribution in [1.82, 2.24) is 4.98 Å². The molecule has 0 atom stereocenters. The quantitative estimate of drug-likeness (QED) is 0.755. The van der Waals surface area contributed by atoms with Crippen molar-refractivity contribution in [2.45, 2.75) is 13.3 Å². The van der Waals surface area contributed by atoms with Crippen LogP contribution in [0.25, 0.3) is 22.0 Å². The number of fused-ring (bicyclic) bond motifs is 1. The SMILES string of the molecule is CCc1ccc2nc(N)c(-c3ccccc3)c(F)c2c1. The topological polar surface area (TPSA) is 38.9 Å². The summed E-state index contributed by atoms with van der Waals surface area (Å²) < 4.78 is 14.8. The van der Waals surface area contributed by atoms with Gasteiger partial charge in [0.1, 0.15) is 11.6 Å². The maximum atomic E-state index is 14.8. The number of aromatic nitrogens is 1. The van der Waals surface area contributed by atoms with Gasteiger partial charge < -0.3 is 5.73 Å². The van der Waals surface area contributed by atoms with Crippen molar-refractivity contribution in [3.8, 4) is 11.1 Å². The number of rotatable bonds is 2. The molecule has 0 fully saturated rings. The summed E-state index contributed by atoms with van der Waals surface area (Å²) in [6.45, 7) is 2.04. The summed E-state index contributed by atoms with van der Waals surface area (Å²) in [5, 5.41) is 0.525. The molecule has 0 saturated heterocycles. The number of hydrogen-bond acceptors (Lipinski definition) is 2. The molecular weight excluding hydrogens is 251 g/mol. The van der Waals surface area contributed by atoms with Gasteiger partial charge in [-0.25, -0.2) is 9.37 Å². The molecule has 0 aliphatic heterocycles. The van der Waals surface area contributed by atoms with Gasteiger partial charge in [0.25, 0.3) is 0 Å². The number of nitrogen functional groups attached to an aromatic ring is 1. The highest BCUT2D eigenvalue weighted by molar-refractivity contribution is 5.90. The lowest BCUT2D eigenvalue weighted by Crippen LogP contribution is -1.99. The van der Waals surface area contributed by atoms with Crippen LogP contribution in [0.1, 0.15) is 12.5 Å². The van der Waals surface area contributed by atoms with Crippen LogP contribution in [0.5, 0.6) is 0 Å². The first kappa shape index (κ1) is 12.6. The van der Waals surface area contributed by atoms with E-state index < -0.39 is 0 Å². The van der Waals surface area contributed by atoms with E-state index in [9.17, 15) is 4.39 Å². The Balaban J connectivity index is 2.33. The van der Waals surface area contributed by atoms with E-state index in [-0.39, 0.29) is 11.6 Å². The first-order valence-corrected chi connectivity index (χ1v) is 6.63. The Morgan fingerprint density at radius 2 is 1.85 bits per heavy atom. The van der Waals surface area contributed by atoms with E-state index in [1.54, 1.807) is 0 Å². The van der Waals surface area contributed by atoms with E-state index in [2.05, 4.69) is 4.98 Å². The predicted octanol–water partition coefficient (Wildman–Crippen LogP) is 4.19. The molecule has 3 heteroatoms. The molecule has 0 saturated carbocycles. The lowest BCUT2D eigenvalue weighted by atomic mass is 10.0. The smallest absolute Gasteiger partial charge is 0.144 e. The lowest BCUT2D eigenvalue weighted by molar-refractivity contribution is 0.642. The molecule has 2 N–H and O–H groups in total. The van der Waals surface area contributed by atoms with Crippen LogP contribution < -0.4 is 5.73 Å². The number of halogens is 1. The molecule has 3 aromatic rings. The Morgan fingerprint density at radius 3 is 2.55 bits per heavy atom. The van der Waals surface area contributed by atoms with E-state index >= 15 is 0 Å². The minimum atomic E-state index is -0.297. The molecule has 0 spiro atoms. The largest absolute Gasteiger partial charge is 0.383 e. The number of anilines is 1. The number of aryl methyl sites for hydroxylation is 1. The zero-order chi connectivity index (χ0) is 14.1. The zero-order valence-corrected chi connectivity index (χ0v) is 11.2. The van der Waals surface area contributed by atoms with Crippen LogP contribution in [0.2, 0.25) is 0 Å². The monoisotopic (exact) mass is 266 g/mol. The number of nitrogens with two attached hydrogens (primary N) is 1.